The van der Waals surface area contributed by atoms with E-state index in [0.29, 0.717) is 34.7 Å². The zero-order valence-electron chi connectivity index (χ0n) is 19.5. The SMILES string of the molecule is Cc1ccc(N(C)c2ccc(O)c(-c3ccc(CNC(=O)CN4CCCC4)c(N)n3)c2)c(F)c1. The second kappa shape index (κ2) is 10.1. The lowest BCUT2D eigenvalue weighted by Gasteiger charge is -2.21. The largest absolute Gasteiger partial charge is 0.507 e. The Morgan fingerprint density at radius 3 is 2.65 bits per heavy atom. The van der Waals surface area contributed by atoms with Crippen LogP contribution in [0.3, 0.4) is 0 Å². The summed E-state index contributed by atoms with van der Waals surface area (Å²) in [4.78, 5) is 20.5. The Balaban J connectivity index is 1.50. The Morgan fingerprint density at radius 2 is 1.94 bits per heavy atom. The minimum absolute atomic E-state index is 0.0397. The number of nitrogen functional groups attached to an aromatic ring is 1. The lowest BCUT2D eigenvalue weighted by Crippen LogP contribution is -2.35. The lowest BCUT2D eigenvalue weighted by atomic mass is 10.1. The fourth-order valence-corrected chi connectivity index (χ4v) is 4.16. The molecule has 1 aliphatic heterocycles. The maximum atomic E-state index is 14.5. The number of nitrogens with two attached hydrogens (primary N) is 1. The van der Waals surface area contributed by atoms with E-state index in [1.807, 2.05) is 13.0 Å². The number of hydrogen-bond acceptors (Lipinski definition) is 6. The monoisotopic (exact) mass is 463 g/mol. The quantitative estimate of drug-likeness (QED) is 0.491. The minimum Gasteiger partial charge on any atom is -0.507 e. The third-order valence-electron chi connectivity index (χ3n) is 6.16. The number of phenolic OH excluding ortho intramolecular Hbond substituents is 1. The van der Waals surface area contributed by atoms with E-state index in [0.717, 1.165) is 31.5 Å². The van der Waals surface area contributed by atoms with Crippen LogP contribution in [0.5, 0.6) is 5.75 Å². The highest BCUT2D eigenvalue weighted by atomic mass is 19.1. The average molecular weight is 464 g/mol. The first kappa shape index (κ1) is 23.5. The van der Waals surface area contributed by atoms with Gasteiger partial charge in [0.1, 0.15) is 17.4 Å². The van der Waals surface area contributed by atoms with Crippen molar-refractivity contribution in [2.24, 2.45) is 0 Å². The van der Waals surface area contributed by atoms with Gasteiger partial charge in [-0.2, -0.15) is 0 Å². The van der Waals surface area contributed by atoms with Gasteiger partial charge in [-0.1, -0.05) is 12.1 Å². The van der Waals surface area contributed by atoms with Crippen molar-refractivity contribution in [3.8, 4) is 17.0 Å². The van der Waals surface area contributed by atoms with Gasteiger partial charge in [0.15, 0.2) is 0 Å². The molecule has 0 unspecified atom stereocenters. The van der Waals surface area contributed by atoms with Crippen LogP contribution in [-0.2, 0) is 11.3 Å². The Morgan fingerprint density at radius 1 is 1.18 bits per heavy atom. The summed E-state index contributed by atoms with van der Waals surface area (Å²) in [5.74, 6) is -0.0421. The fraction of sp³-hybridized carbons (Fsp3) is 0.308. The predicted octanol–water partition coefficient (Wildman–Crippen LogP) is 3.96. The molecule has 2 aromatic carbocycles. The summed E-state index contributed by atoms with van der Waals surface area (Å²) in [6.07, 6.45) is 2.27. The topological polar surface area (TPSA) is 94.7 Å². The Labute approximate surface area is 199 Å². The summed E-state index contributed by atoms with van der Waals surface area (Å²) in [6, 6.07) is 13.6. The molecule has 8 heteroatoms. The van der Waals surface area contributed by atoms with Crippen molar-refractivity contribution in [1.29, 1.82) is 0 Å². The van der Waals surface area contributed by atoms with Crippen LogP contribution in [0.4, 0.5) is 21.6 Å². The summed E-state index contributed by atoms with van der Waals surface area (Å²) < 4.78 is 14.5. The number of amides is 1. The van der Waals surface area contributed by atoms with Gasteiger partial charge in [0.25, 0.3) is 0 Å². The van der Waals surface area contributed by atoms with Crippen molar-refractivity contribution >= 4 is 23.1 Å². The van der Waals surface area contributed by atoms with Gasteiger partial charge in [-0.3, -0.25) is 9.69 Å². The van der Waals surface area contributed by atoms with E-state index in [4.69, 9.17) is 5.73 Å². The maximum Gasteiger partial charge on any atom is 0.234 e. The van der Waals surface area contributed by atoms with Gasteiger partial charge < -0.3 is 21.1 Å². The number of nitrogens with one attached hydrogen (secondary N) is 1. The van der Waals surface area contributed by atoms with Crippen LogP contribution in [-0.4, -0.2) is 47.6 Å². The minimum atomic E-state index is -0.323. The molecule has 2 heterocycles. The first-order chi connectivity index (χ1) is 16.3. The zero-order valence-corrected chi connectivity index (χ0v) is 19.5. The molecule has 0 bridgehead atoms. The normalized spacial score (nSPS) is 13.7. The predicted molar refractivity (Wildman–Crippen MR) is 132 cm³/mol. The van der Waals surface area contributed by atoms with Crippen LogP contribution in [0, 0.1) is 12.7 Å². The Bertz CT molecular complexity index is 1190. The van der Waals surface area contributed by atoms with Crippen molar-refractivity contribution in [2.45, 2.75) is 26.3 Å². The van der Waals surface area contributed by atoms with Gasteiger partial charge >= 0.3 is 0 Å². The number of likely N-dealkylation sites (tertiary alicyclic amines) is 1. The van der Waals surface area contributed by atoms with E-state index in [2.05, 4.69) is 15.2 Å². The Kier molecular flexibility index (Phi) is 6.98. The number of hydrogen-bond donors (Lipinski definition) is 3. The molecule has 178 valence electrons. The van der Waals surface area contributed by atoms with Gasteiger partial charge in [0, 0.05) is 30.4 Å². The molecule has 1 saturated heterocycles. The van der Waals surface area contributed by atoms with Gasteiger partial charge in [-0.15, -0.1) is 0 Å². The third-order valence-corrected chi connectivity index (χ3v) is 6.16. The first-order valence-corrected chi connectivity index (χ1v) is 11.4. The van der Waals surface area contributed by atoms with Gasteiger partial charge in [0.2, 0.25) is 5.91 Å². The smallest absolute Gasteiger partial charge is 0.234 e. The van der Waals surface area contributed by atoms with Crippen LogP contribution in [0.1, 0.15) is 24.0 Å². The molecule has 4 N–H and O–H groups in total. The molecule has 34 heavy (non-hydrogen) atoms. The van der Waals surface area contributed by atoms with Crippen molar-refractivity contribution in [1.82, 2.24) is 15.2 Å². The van der Waals surface area contributed by atoms with E-state index in [1.165, 1.54) is 6.07 Å². The van der Waals surface area contributed by atoms with Gasteiger partial charge in [-0.25, -0.2) is 9.37 Å². The molecular formula is C26H30FN5O2. The zero-order chi connectivity index (χ0) is 24.2. The Hall–Kier alpha value is -3.65. The molecule has 0 aliphatic carbocycles. The van der Waals surface area contributed by atoms with E-state index in [9.17, 15) is 14.3 Å². The molecular weight excluding hydrogens is 433 g/mol. The van der Waals surface area contributed by atoms with Crippen LogP contribution < -0.4 is 16.0 Å². The highest BCUT2D eigenvalue weighted by Crippen LogP contribution is 2.35. The van der Waals surface area contributed by atoms with Gasteiger partial charge in [-0.05, 0) is 74.8 Å². The maximum absolute atomic E-state index is 14.5. The van der Waals surface area contributed by atoms with E-state index >= 15 is 0 Å². The second-order valence-electron chi connectivity index (χ2n) is 8.72. The number of halogens is 1. The van der Waals surface area contributed by atoms with E-state index in [1.54, 1.807) is 48.3 Å². The number of anilines is 3. The van der Waals surface area contributed by atoms with Crippen molar-refractivity contribution in [3.05, 3.63) is 65.5 Å². The molecule has 0 saturated carbocycles. The fourth-order valence-electron chi connectivity index (χ4n) is 4.16. The van der Waals surface area contributed by atoms with Crippen LogP contribution in [0.15, 0.2) is 48.5 Å². The number of nitrogens with zero attached hydrogens (tertiary/aromatic N) is 3. The number of aromatic nitrogens is 1. The number of benzene rings is 2. The van der Waals surface area contributed by atoms with E-state index in [-0.39, 0.29) is 29.8 Å². The number of phenols is 1. The summed E-state index contributed by atoms with van der Waals surface area (Å²) in [5, 5.41) is 13.4. The molecule has 0 spiro atoms. The van der Waals surface area contributed by atoms with Crippen LogP contribution >= 0.6 is 0 Å². The summed E-state index contributed by atoms with van der Waals surface area (Å²) in [6.45, 7) is 4.43. The van der Waals surface area contributed by atoms with Crippen LogP contribution in [0.2, 0.25) is 0 Å². The average Bonchev–Trinajstić information content (AvgIpc) is 3.31. The molecule has 7 nitrogen and oxygen atoms in total. The molecule has 0 atom stereocenters. The number of rotatable bonds is 7. The number of pyridine rings is 1. The number of aryl methyl sites for hydroxylation is 1. The third kappa shape index (κ3) is 5.28. The second-order valence-corrected chi connectivity index (χ2v) is 8.72. The van der Waals surface area contributed by atoms with Gasteiger partial charge in [0.05, 0.1) is 17.9 Å². The van der Waals surface area contributed by atoms with Crippen molar-refractivity contribution in [3.63, 3.8) is 0 Å². The standard InChI is InChI=1S/C26H30FN5O2/c1-17-5-9-23(21(27)13-17)31(2)19-7-10-24(33)20(14-19)22-8-6-18(26(28)30-22)15-29-25(34)16-32-11-3-4-12-32/h5-10,13-14,33H,3-4,11-12,15-16H2,1-2H3,(H2,28,30)(H,29,34). The lowest BCUT2D eigenvalue weighted by molar-refractivity contribution is -0.122. The number of carbonyl (C=O) groups excluding carboxylic acids is 1. The van der Waals surface area contributed by atoms with Crippen LogP contribution in [0.25, 0.3) is 11.3 Å². The molecule has 0 radical (unpaired) electrons. The highest BCUT2D eigenvalue weighted by Gasteiger charge is 2.17. The molecule has 1 amide bonds. The molecule has 3 aromatic rings. The molecule has 1 aliphatic rings. The van der Waals surface area contributed by atoms with E-state index < -0.39 is 0 Å². The van der Waals surface area contributed by atoms with Crippen molar-refractivity contribution in [2.75, 3.05) is 37.3 Å². The summed E-state index contributed by atoms with van der Waals surface area (Å²) in [5.41, 5.74) is 9.79. The summed E-state index contributed by atoms with van der Waals surface area (Å²) in [7, 11) is 1.76. The number of carbonyl (C=O) groups is 1. The highest BCUT2D eigenvalue weighted by molar-refractivity contribution is 5.78. The summed E-state index contributed by atoms with van der Waals surface area (Å²) >= 11 is 0. The number of aromatic hydroxyl groups is 1. The molecule has 1 aromatic heterocycles. The van der Waals surface area contributed by atoms with Crippen molar-refractivity contribution < 1.29 is 14.3 Å². The molecule has 1 fully saturated rings. The molecule has 4 rings (SSSR count). The first-order valence-electron chi connectivity index (χ1n) is 11.4.